The highest BCUT2D eigenvalue weighted by atomic mass is 16.6. The van der Waals surface area contributed by atoms with Crippen molar-refractivity contribution in [2.24, 2.45) is 0 Å². The van der Waals surface area contributed by atoms with E-state index in [9.17, 15) is 15.2 Å². The fourth-order valence-corrected chi connectivity index (χ4v) is 1.92. The molecule has 0 spiro atoms. The van der Waals surface area contributed by atoms with Crippen LogP contribution in [0, 0.1) is 10.1 Å². The van der Waals surface area contributed by atoms with Crippen LogP contribution in [-0.2, 0) is 4.74 Å². The highest BCUT2D eigenvalue weighted by Crippen LogP contribution is 2.33. The molecule has 1 fully saturated rings. The summed E-state index contributed by atoms with van der Waals surface area (Å²) in [5.41, 5.74) is 0.789. The predicted molar refractivity (Wildman–Crippen MR) is 58.4 cm³/mol. The SMILES string of the molecule is O=[N+]([O-])c1ccc([C@H]2CC(O)[C@@H](CO)O2)cc1. The Morgan fingerprint density at radius 2 is 2.06 bits per heavy atom. The van der Waals surface area contributed by atoms with Crippen molar-refractivity contribution in [1.29, 1.82) is 0 Å². The van der Waals surface area contributed by atoms with Gasteiger partial charge < -0.3 is 14.9 Å². The summed E-state index contributed by atoms with van der Waals surface area (Å²) in [7, 11) is 0. The number of aliphatic hydroxyl groups excluding tert-OH is 2. The average Bonchev–Trinajstić information content (AvgIpc) is 2.70. The molecule has 1 unspecified atom stereocenters. The Bertz CT molecular complexity index is 405. The highest BCUT2D eigenvalue weighted by Gasteiger charge is 2.34. The molecule has 2 rings (SSSR count). The van der Waals surface area contributed by atoms with Crippen molar-refractivity contribution in [1.82, 2.24) is 0 Å². The molecule has 6 nitrogen and oxygen atoms in total. The molecule has 0 aliphatic carbocycles. The summed E-state index contributed by atoms with van der Waals surface area (Å²) in [5.74, 6) is 0. The Morgan fingerprint density at radius 1 is 1.41 bits per heavy atom. The first-order valence-electron chi connectivity index (χ1n) is 5.30. The van der Waals surface area contributed by atoms with Gasteiger partial charge in [-0.1, -0.05) is 0 Å². The number of rotatable bonds is 3. The molecule has 1 saturated heterocycles. The van der Waals surface area contributed by atoms with Crippen LogP contribution in [0.15, 0.2) is 24.3 Å². The van der Waals surface area contributed by atoms with Crippen molar-refractivity contribution in [3.63, 3.8) is 0 Å². The van der Waals surface area contributed by atoms with E-state index >= 15 is 0 Å². The van der Waals surface area contributed by atoms with Gasteiger partial charge in [-0.3, -0.25) is 10.1 Å². The van der Waals surface area contributed by atoms with Gasteiger partial charge in [0.25, 0.3) is 5.69 Å². The lowest BCUT2D eigenvalue weighted by Gasteiger charge is -2.11. The zero-order valence-electron chi connectivity index (χ0n) is 9.02. The number of aliphatic hydroxyl groups is 2. The molecule has 1 heterocycles. The molecule has 1 aliphatic rings. The molecule has 1 aliphatic heterocycles. The third-order valence-electron chi connectivity index (χ3n) is 2.88. The number of nitrogens with zero attached hydrogens (tertiary/aromatic N) is 1. The zero-order chi connectivity index (χ0) is 12.4. The van der Waals surface area contributed by atoms with Crippen LogP contribution >= 0.6 is 0 Å². The van der Waals surface area contributed by atoms with Gasteiger partial charge in [-0.25, -0.2) is 0 Å². The third-order valence-corrected chi connectivity index (χ3v) is 2.88. The van der Waals surface area contributed by atoms with E-state index in [1.165, 1.54) is 12.1 Å². The van der Waals surface area contributed by atoms with Crippen molar-refractivity contribution < 1.29 is 19.9 Å². The van der Waals surface area contributed by atoms with E-state index in [0.717, 1.165) is 5.56 Å². The quantitative estimate of drug-likeness (QED) is 0.600. The average molecular weight is 239 g/mol. The summed E-state index contributed by atoms with van der Waals surface area (Å²) in [5, 5.41) is 29.0. The summed E-state index contributed by atoms with van der Waals surface area (Å²) in [6.45, 7) is -0.231. The number of hydrogen-bond acceptors (Lipinski definition) is 5. The maximum atomic E-state index is 10.5. The molecule has 0 aromatic heterocycles. The number of non-ortho nitro benzene ring substituents is 1. The second-order valence-corrected chi connectivity index (χ2v) is 4.00. The minimum absolute atomic E-state index is 0.0194. The van der Waals surface area contributed by atoms with Crippen molar-refractivity contribution in [2.75, 3.05) is 6.61 Å². The summed E-state index contributed by atoms with van der Waals surface area (Å²) in [6, 6.07) is 6.01. The van der Waals surface area contributed by atoms with Crippen molar-refractivity contribution in [3.05, 3.63) is 39.9 Å². The van der Waals surface area contributed by atoms with Crippen molar-refractivity contribution in [2.45, 2.75) is 24.7 Å². The number of nitro benzene ring substituents is 1. The monoisotopic (exact) mass is 239 g/mol. The van der Waals surface area contributed by atoms with Crippen molar-refractivity contribution in [3.8, 4) is 0 Å². The van der Waals surface area contributed by atoms with Gasteiger partial charge in [0.05, 0.1) is 23.7 Å². The summed E-state index contributed by atoms with van der Waals surface area (Å²) < 4.78 is 5.44. The molecule has 3 atom stereocenters. The first-order chi connectivity index (χ1) is 8.11. The van der Waals surface area contributed by atoms with Crippen LogP contribution in [0.1, 0.15) is 18.1 Å². The van der Waals surface area contributed by atoms with E-state index in [0.29, 0.717) is 6.42 Å². The lowest BCUT2D eigenvalue weighted by molar-refractivity contribution is -0.384. The molecule has 92 valence electrons. The lowest BCUT2D eigenvalue weighted by atomic mass is 10.0. The van der Waals surface area contributed by atoms with E-state index < -0.39 is 17.1 Å². The summed E-state index contributed by atoms with van der Waals surface area (Å²) >= 11 is 0. The van der Waals surface area contributed by atoms with Crippen LogP contribution in [0.25, 0.3) is 0 Å². The van der Waals surface area contributed by atoms with Crippen LogP contribution in [0.4, 0.5) is 5.69 Å². The van der Waals surface area contributed by atoms with Gasteiger partial charge in [0.2, 0.25) is 0 Å². The van der Waals surface area contributed by atoms with Crippen LogP contribution in [0.5, 0.6) is 0 Å². The molecule has 0 saturated carbocycles. The lowest BCUT2D eigenvalue weighted by Crippen LogP contribution is -2.24. The minimum atomic E-state index is -0.694. The molecule has 17 heavy (non-hydrogen) atoms. The van der Waals surface area contributed by atoms with Gasteiger partial charge in [-0.2, -0.15) is 0 Å². The second kappa shape index (κ2) is 4.79. The molecule has 0 radical (unpaired) electrons. The van der Waals surface area contributed by atoms with Gasteiger partial charge in [0.15, 0.2) is 0 Å². The van der Waals surface area contributed by atoms with Gasteiger partial charge >= 0.3 is 0 Å². The summed E-state index contributed by atoms with van der Waals surface area (Å²) in [6.07, 6.45) is -1.19. The Morgan fingerprint density at radius 3 is 2.53 bits per heavy atom. The Hall–Kier alpha value is -1.50. The van der Waals surface area contributed by atoms with Crippen LogP contribution < -0.4 is 0 Å². The van der Waals surface area contributed by atoms with Gasteiger partial charge in [0.1, 0.15) is 6.10 Å². The molecule has 0 bridgehead atoms. The van der Waals surface area contributed by atoms with E-state index in [2.05, 4.69) is 0 Å². The number of hydrogen-bond donors (Lipinski definition) is 2. The fraction of sp³-hybridized carbons (Fsp3) is 0.455. The van der Waals surface area contributed by atoms with Crippen LogP contribution in [-0.4, -0.2) is 34.0 Å². The molecule has 0 amide bonds. The topological polar surface area (TPSA) is 92.8 Å². The zero-order valence-corrected chi connectivity index (χ0v) is 9.02. The number of benzene rings is 1. The van der Waals surface area contributed by atoms with Gasteiger partial charge in [-0.05, 0) is 17.7 Å². The Labute approximate surface area is 97.6 Å². The van der Waals surface area contributed by atoms with Crippen molar-refractivity contribution >= 4 is 5.69 Å². The second-order valence-electron chi connectivity index (χ2n) is 4.00. The number of ether oxygens (including phenoxy) is 1. The largest absolute Gasteiger partial charge is 0.394 e. The van der Waals surface area contributed by atoms with E-state index in [-0.39, 0.29) is 18.4 Å². The van der Waals surface area contributed by atoms with E-state index in [4.69, 9.17) is 9.84 Å². The molecular formula is C11H13NO5. The normalized spacial score (nSPS) is 28.2. The highest BCUT2D eigenvalue weighted by molar-refractivity contribution is 5.34. The molecule has 2 N–H and O–H groups in total. The maximum Gasteiger partial charge on any atom is 0.269 e. The first kappa shape index (κ1) is 12.0. The standard InChI is InChI=1S/C11H13NO5/c13-6-11-9(14)5-10(17-11)7-1-3-8(4-2-7)12(15)16/h1-4,9-11,13-14H,5-6H2/t9?,10-,11-/m1/s1. The van der Waals surface area contributed by atoms with Gasteiger partial charge in [0, 0.05) is 18.6 Å². The fourth-order valence-electron chi connectivity index (χ4n) is 1.92. The van der Waals surface area contributed by atoms with Crippen LogP contribution in [0.3, 0.4) is 0 Å². The molecular weight excluding hydrogens is 226 g/mol. The van der Waals surface area contributed by atoms with Gasteiger partial charge in [-0.15, -0.1) is 0 Å². The maximum absolute atomic E-state index is 10.5. The van der Waals surface area contributed by atoms with E-state index in [1.54, 1.807) is 12.1 Å². The predicted octanol–water partition coefficient (Wildman–Crippen LogP) is 0.778. The van der Waals surface area contributed by atoms with Crippen LogP contribution in [0.2, 0.25) is 0 Å². The number of nitro groups is 1. The molecule has 1 aromatic carbocycles. The van der Waals surface area contributed by atoms with E-state index in [1.807, 2.05) is 0 Å². The smallest absolute Gasteiger partial charge is 0.269 e. The summed E-state index contributed by atoms with van der Waals surface area (Å²) in [4.78, 5) is 10.0. The molecule has 6 heteroatoms. The first-order valence-corrected chi connectivity index (χ1v) is 5.30. The minimum Gasteiger partial charge on any atom is -0.394 e. The Balaban J connectivity index is 2.11. The Kier molecular flexibility index (Phi) is 3.37. The third kappa shape index (κ3) is 2.44. The molecule has 1 aromatic rings.